The molecule has 0 radical (unpaired) electrons. The molecule has 0 unspecified atom stereocenters. The Labute approximate surface area is 190 Å². The summed E-state index contributed by atoms with van der Waals surface area (Å²) in [6.07, 6.45) is 3.49. The SMILES string of the molecule is CSc1ccc(CNC(=O)c2ccc(Nc3cc(-c4ccc(F)cc4)ncn3)cc2)cc1. The van der Waals surface area contributed by atoms with Gasteiger partial charge >= 0.3 is 0 Å². The molecule has 1 aromatic heterocycles. The Kier molecular flexibility index (Phi) is 6.77. The molecule has 5 nitrogen and oxygen atoms in total. The molecule has 7 heteroatoms. The van der Waals surface area contributed by atoms with E-state index >= 15 is 0 Å². The quantitative estimate of drug-likeness (QED) is 0.359. The van der Waals surface area contributed by atoms with Crippen LogP contribution in [0.25, 0.3) is 11.3 Å². The highest BCUT2D eigenvalue weighted by molar-refractivity contribution is 7.98. The van der Waals surface area contributed by atoms with Gasteiger partial charge in [-0.3, -0.25) is 4.79 Å². The van der Waals surface area contributed by atoms with E-state index in [9.17, 15) is 9.18 Å². The van der Waals surface area contributed by atoms with E-state index in [4.69, 9.17) is 0 Å². The van der Waals surface area contributed by atoms with Crippen LogP contribution in [0.15, 0.2) is 90.1 Å². The van der Waals surface area contributed by atoms with Crippen LogP contribution in [0.3, 0.4) is 0 Å². The third-order valence-electron chi connectivity index (χ3n) is 4.84. The van der Waals surface area contributed by atoms with Crippen molar-refractivity contribution in [3.8, 4) is 11.3 Å². The number of rotatable bonds is 7. The lowest BCUT2D eigenvalue weighted by atomic mass is 10.1. The van der Waals surface area contributed by atoms with Crippen molar-refractivity contribution in [2.75, 3.05) is 11.6 Å². The predicted molar refractivity (Wildman–Crippen MR) is 127 cm³/mol. The van der Waals surface area contributed by atoms with Gasteiger partial charge in [0.25, 0.3) is 5.91 Å². The summed E-state index contributed by atoms with van der Waals surface area (Å²) < 4.78 is 13.1. The topological polar surface area (TPSA) is 66.9 Å². The fourth-order valence-corrected chi connectivity index (χ4v) is 3.49. The Bertz CT molecular complexity index is 1200. The van der Waals surface area contributed by atoms with E-state index in [2.05, 4.69) is 20.6 Å². The second-order valence-electron chi connectivity index (χ2n) is 7.03. The van der Waals surface area contributed by atoms with Crippen molar-refractivity contribution >= 4 is 29.2 Å². The van der Waals surface area contributed by atoms with Gasteiger partial charge in [-0.15, -0.1) is 11.8 Å². The second-order valence-corrected chi connectivity index (χ2v) is 7.91. The van der Waals surface area contributed by atoms with Gasteiger partial charge in [0.05, 0.1) is 5.69 Å². The minimum atomic E-state index is -0.293. The Morgan fingerprint density at radius 1 is 0.938 bits per heavy atom. The van der Waals surface area contributed by atoms with Gasteiger partial charge in [-0.1, -0.05) is 12.1 Å². The largest absolute Gasteiger partial charge is 0.348 e. The predicted octanol–water partition coefficient (Wildman–Crippen LogP) is 5.68. The van der Waals surface area contributed by atoms with Gasteiger partial charge in [-0.2, -0.15) is 0 Å². The molecule has 0 spiro atoms. The average Bonchev–Trinajstić information content (AvgIpc) is 2.84. The molecule has 32 heavy (non-hydrogen) atoms. The lowest BCUT2D eigenvalue weighted by Crippen LogP contribution is -2.22. The number of hydrogen-bond acceptors (Lipinski definition) is 5. The molecule has 160 valence electrons. The Morgan fingerprint density at radius 2 is 1.66 bits per heavy atom. The highest BCUT2D eigenvalue weighted by Gasteiger charge is 2.07. The van der Waals surface area contributed by atoms with E-state index in [0.29, 0.717) is 23.6 Å². The number of anilines is 2. The molecule has 0 aliphatic rings. The van der Waals surface area contributed by atoms with Crippen LogP contribution in [-0.4, -0.2) is 22.1 Å². The minimum absolute atomic E-state index is 0.133. The molecule has 0 saturated carbocycles. The molecule has 0 atom stereocenters. The number of benzene rings is 3. The number of carbonyl (C=O) groups is 1. The van der Waals surface area contributed by atoms with Crippen LogP contribution in [0.4, 0.5) is 15.9 Å². The van der Waals surface area contributed by atoms with Gasteiger partial charge in [-0.25, -0.2) is 14.4 Å². The normalized spacial score (nSPS) is 10.6. The van der Waals surface area contributed by atoms with E-state index in [-0.39, 0.29) is 11.7 Å². The number of nitrogens with zero attached hydrogens (tertiary/aromatic N) is 2. The second kappa shape index (κ2) is 10.1. The molecule has 4 rings (SSSR count). The summed E-state index contributed by atoms with van der Waals surface area (Å²) in [5, 5.41) is 6.14. The van der Waals surface area contributed by atoms with Crippen molar-refractivity contribution in [1.82, 2.24) is 15.3 Å². The minimum Gasteiger partial charge on any atom is -0.348 e. The zero-order valence-electron chi connectivity index (χ0n) is 17.4. The summed E-state index contributed by atoms with van der Waals surface area (Å²) in [5.41, 5.74) is 3.90. The van der Waals surface area contributed by atoms with Gasteiger partial charge in [0.15, 0.2) is 0 Å². The summed E-state index contributed by atoms with van der Waals surface area (Å²) in [5.74, 6) is 0.176. The van der Waals surface area contributed by atoms with E-state index in [1.54, 1.807) is 42.1 Å². The van der Waals surface area contributed by atoms with E-state index in [1.807, 2.05) is 42.7 Å². The maximum absolute atomic E-state index is 13.1. The molecule has 1 heterocycles. The van der Waals surface area contributed by atoms with Gasteiger partial charge < -0.3 is 10.6 Å². The Morgan fingerprint density at radius 3 is 2.34 bits per heavy atom. The fourth-order valence-electron chi connectivity index (χ4n) is 3.08. The van der Waals surface area contributed by atoms with Crippen molar-refractivity contribution < 1.29 is 9.18 Å². The third kappa shape index (κ3) is 5.50. The van der Waals surface area contributed by atoms with Crippen molar-refractivity contribution in [3.05, 3.63) is 102 Å². The maximum Gasteiger partial charge on any atom is 0.251 e. The lowest BCUT2D eigenvalue weighted by Gasteiger charge is -2.09. The number of carbonyl (C=O) groups excluding carboxylic acids is 1. The summed E-state index contributed by atoms with van der Waals surface area (Å²) >= 11 is 1.69. The summed E-state index contributed by atoms with van der Waals surface area (Å²) in [6, 6.07) is 23.2. The third-order valence-corrected chi connectivity index (χ3v) is 5.58. The van der Waals surface area contributed by atoms with Gasteiger partial charge in [0.2, 0.25) is 0 Å². The van der Waals surface area contributed by atoms with Crippen LogP contribution in [0.2, 0.25) is 0 Å². The standard InChI is InChI=1S/C25H21FN4OS/c1-32-22-12-2-17(3-13-22)15-27-25(31)19-6-10-21(11-7-19)30-24-14-23(28-16-29-24)18-4-8-20(26)9-5-18/h2-14,16H,15H2,1H3,(H,27,31)(H,28,29,30). The van der Waals surface area contributed by atoms with Crippen molar-refractivity contribution in [2.24, 2.45) is 0 Å². The van der Waals surface area contributed by atoms with Crippen LogP contribution in [-0.2, 0) is 6.54 Å². The number of thioether (sulfide) groups is 1. The number of aromatic nitrogens is 2. The number of amides is 1. The van der Waals surface area contributed by atoms with E-state index in [1.165, 1.54) is 23.4 Å². The Hall–Kier alpha value is -3.71. The fraction of sp³-hybridized carbons (Fsp3) is 0.0800. The maximum atomic E-state index is 13.1. The molecular weight excluding hydrogens is 423 g/mol. The van der Waals surface area contributed by atoms with Gasteiger partial charge in [-0.05, 0) is 72.5 Å². The molecule has 0 saturated heterocycles. The van der Waals surface area contributed by atoms with Crippen LogP contribution >= 0.6 is 11.8 Å². The molecule has 4 aromatic rings. The summed E-state index contributed by atoms with van der Waals surface area (Å²) in [6.45, 7) is 0.473. The van der Waals surface area contributed by atoms with E-state index in [0.717, 1.165) is 16.8 Å². The molecule has 0 aliphatic heterocycles. The number of hydrogen-bond donors (Lipinski definition) is 2. The first-order chi connectivity index (χ1) is 15.6. The van der Waals surface area contributed by atoms with Crippen LogP contribution in [0.1, 0.15) is 15.9 Å². The molecule has 1 amide bonds. The first kappa shape index (κ1) is 21.5. The zero-order valence-corrected chi connectivity index (χ0v) is 18.2. The lowest BCUT2D eigenvalue weighted by molar-refractivity contribution is 0.0951. The van der Waals surface area contributed by atoms with Crippen LogP contribution in [0, 0.1) is 5.82 Å². The molecule has 0 aliphatic carbocycles. The highest BCUT2D eigenvalue weighted by atomic mass is 32.2. The smallest absolute Gasteiger partial charge is 0.251 e. The Balaban J connectivity index is 1.37. The summed E-state index contributed by atoms with van der Waals surface area (Å²) in [7, 11) is 0. The van der Waals surface area contributed by atoms with Gasteiger partial charge in [0, 0.05) is 34.3 Å². The molecule has 0 bridgehead atoms. The molecule has 0 fully saturated rings. The van der Waals surface area contributed by atoms with Crippen molar-refractivity contribution in [2.45, 2.75) is 11.4 Å². The molecule has 3 aromatic carbocycles. The van der Waals surface area contributed by atoms with E-state index < -0.39 is 0 Å². The monoisotopic (exact) mass is 444 g/mol. The van der Waals surface area contributed by atoms with Crippen molar-refractivity contribution in [1.29, 1.82) is 0 Å². The highest BCUT2D eigenvalue weighted by Crippen LogP contribution is 2.22. The zero-order chi connectivity index (χ0) is 22.3. The van der Waals surface area contributed by atoms with Crippen LogP contribution < -0.4 is 10.6 Å². The first-order valence-electron chi connectivity index (χ1n) is 9.97. The first-order valence-corrected chi connectivity index (χ1v) is 11.2. The van der Waals surface area contributed by atoms with Gasteiger partial charge in [0.1, 0.15) is 18.0 Å². The molecular formula is C25H21FN4OS. The van der Waals surface area contributed by atoms with Crippen LogP contribution in [0.5, 0.6) is 0 Å². The number of nitrogens with one attached hydrogen (secondary N) is 2. The molecule has 2 N–H and O–H groups in total. The van der Waals surface area contributed by atoms with Crippen molar-refractivity contribution in [3.63, 3.8) is 0 Å². The number of halogens is 1. The summed E-state index contributed by atoms with van der Waals surface area (Å²) in [4.78, 5) is 22.1. The average molecular weight is 445 g/mol.